The Bertz CT molecular complexity index is 373. The SMILES string of the molecule is O=C(NCCCOC[C@H]1CCOC1)N1CCC[C@H](C(F)(F)F)C1. The van der Waals surface area contributed by atoms with Crippen molar-refractivity contribution in [2.24, 2.45) is 11.8 Å². The van der Waals surface area contributed by atoms with E-state index in [4.69, 9.17) is 9.47 Å². The van der Waals surface area contributed by atoms with Crippen LogP contribution in [0.1, 0.15) is 25.7 Å². The van der Waals surface area contributed by atoms with Crippen LogP contribution < -0.4 is 5.32 Å². The number of ether oxygens (including phenoxy) is 2. The second kappa shape index (κ2) is 8.73. The molecule has 5 nitrogen and oxygen atoms in total. The molecule has 0 aliphatic carbocycles. The number of likely N-dealkylation sites (tertiary alicyclic amines) is 1. The minimum atomic E-state index is -4.23. The molecule has 2 rings (SSSR count). The van der Waals surface area contributed by atoms with Crippen molar-refractivity contribution < 1.29 is 27.4 Å². The van der Waals surface area contributed by atoms with Crippen LogP contribution in [0.5, 0.6) is 0 Å². The van der Waals surface area contributed by atoms with Crippen LogP contribution in [-0.4, -0.2) is 63.2 Å². The van der Waals surface area contributed by atoms with Gasteiger partial charge < -0.3 is 19.7 Å². The van der Waals surface area contributed by atoms with Crippen LogP contribution in [0.15, 0.2) is 0 Å². The van der Waals surface area contributed by atoms with E-state index in [1.165, 1.54) is 4.90 Å². The summed E-state index contributed by atoms with van der Waals surface area (Å²) in [5.74, 6) is -0.948. The Morgan fingerprint density at radius 3 is 2.87 bits per heavy atom. The zero-order valence-corrected chi connectivity index (χ0v) is 13.2. The van der Waals surface area contributed by atoms with Crippen molar-refractivity contribution >= 4 is 6.03 Å². The van der Waals surface area contributed by atoms with Crippen LogP contribution in [0, 0.1) is 11.8 Å². The predicted octanol–water partition coefficient (Wildman–Crippen LogP) is 2.41. The summed E-state index contributed by atoms with van der Waals surface area (Å²) in [6.45, 7) is 3.28. The van der Waals surface area contributed by atoms with Gasteiger partial charge in [-0.15, -0.1) is 0 Å². The number of nitrogens with zero attached hydrogens (tertiary/aromatic N) is 1. The predicted molar refractivity (Wildman–Crippen MR) is 78.1 cm³/mol. The largest absolute Gasteiger partial charge is 0.393 e. The van der Waals surface area contributed by atoms with E-state index in [2.05, 4.69) is 5.32 Å². The Morgan fingerprint density at radius 1 is 1.35 bits per heavy atom. The van der Waals surface area contributed by atoms with Gasteiger partial charge in [0.15, 0.2) is 0 Å². The van der Waals surface area contributed by atoms with Crippen LogP contribution in [0.25, 0.3) is 0 Å². The number of piperidine rings is 1. The number of urea groups is 1. The number of carbonyl (C=O) groups excluding carboxylic acids is 1. The molecule has 2 fully saturated rings. The zero-order chi connectivity index (χ0) is 16.7. The van der Waals surface area contributed by atoms with E-state index in [-0.39, 0.29) is 13.0 Å². The molecule has 2 heterocycles. The van der Waals surface area contributed by atoms with Gasteiger partial charge in [0.05, 0.1) is 19.1 Å². The molecule has 0 aromatic carbocycles. The Labute approximate surface area is 134 Å². The first kappa shape index (κ1) is 18.3. The maximum absolute atomic E-state index is 12.7. The van der Waals surface area contributed by atoms with E-state index in [1.54, 1.807) is 0 Å². The van der Waals surface area contributed by atoms with Gasteiger partial charge in [-0.25, -0.2) is 4.79 Å². The summed E-state index contributed by atoms with van der Waals surface area (Å²) in [4.78, 5) is 13.2. The molecule has 0 spiro atoms. The highest BCUT2D eigenvalue weighted by Gasteiger charge is 2.42. The summed E-state index contributed by atoms with van der Waals surface area (Å²) in [6, 6.07) is -0.414. The molecule has 2 aliphatic heterocycles. The first-order valence-corrected chi connectivity index (χ1v) is 8.22. The number of hydrogen-bond donors (Lipinski definition) is 1. The highest BCUT2D eigenvalue weighted by molar-refractivity contribution is 5.74. The van der Waals surface area contributed by atoms with E-state index in [0.29, 0.717) is 45.1 Å². The molecule has 1 N–H and O–H groups in total. The number of hydrogen-bond acceptors (Lipinski definition) is 3. The summed E-state index contributed by atoms with van der Waals surface area (Å²) in [7, 11) is 0. The van der Waals surface area contributed by atoms with Crippen LogP contribution in [-0.2, 0) is 9.47 Å². The van der Waals surface area contributed by atoms with Crippen LogP contribution in [0.3, 0.4) is 0 Å². The third-order valence-electron chi connectivity index (χ3n) is 4.29. The van der Waals surface area contributed by atoms with Crippen molar-refractivity contribution in [3.63, 3.8) is 0 Å². The fourth-order valence-corrected chi connectivity index (χ4v) is 2.87. The lowest BCUT2D eigenvalue weighted by atomic mass is 9.98. The smallest absolute Gasteiger partial charge is 0.381 e. The summed E-state index contributed by atoms with van der Waals surface area (Å²) >= 11 is 0. The zero-order valence-electron chi connectivity index (χ0n) is 13.2. The molecule has 23 heavy (non-hydrogen) atoms. The molecule has 2 amide bonds. The van der Waals surface area contributed by atoms with Crippen molar-refractivity contribution in [2.75, 3.05) is 46.1 Å². The first-order valence-electron chi connectivity index (χ1n) is 8.22. The molecular weight excluding hydrogens is 313 g/mol. The van der Waals surface area contributed by atoms with Gasteiger partial charge in [0.25, 0.3) is 0 Å². The minimum Gasteiger partial charge on any atom is -0.381 e. The summed E-state index contributed by atoms with van der Waals surface area (Å²) in [6.07, 6.45) is -2.06. The molecule has 2 atom stereocenters. The van der Waals surface area contributed by atoms with Gasteiger partial charge in [0, 0.05) is 38.8 Å². The highest BCUT2D eigenvalue weighted by Crippen LogP contribution is 2.33. The van der Waals surface area contributed by atoms with Crippen LogP contribution >= 0.6 is 0 Å². The van der Waals surface area contributed by atoms with Gasteiger partial charge in [0.1, 0.15) is 0 Å². The average Bonchev–Trinajstić information content (AvgIpc) is 3.03. The molecule has 2 aliphatic rings. The third kappa shape index (κ3) is 6.18. The van der Waals surface area contributed by atoms with E-state index in [0.717, 1.165) is 19.6 Å². The van der Waals surface area contributed by atoms with Crippen LogP contribution in [0.2, 0.25) is 0 Å². The van der Waals surface area contributed by atoms with Crippen LogP contribution in [0.4, 0.5) is 18.0 Å². The lowest BCUT2D eigenvalue weighted by Gasteiger charge is -2.33. The first-order chi connectivity index (χ1) is 11.0. The Hall–Kier alpha value is -1.02. The minimum absolute atomic E-state index is 0.103. The molecule has 0 aromatic heterocycles. The second-order valence-electron chi connectivity index (χ2n) is 6.22. The maximum Gasteiger partial charge on any atom is 0.393 e. The Morgan fingerprint density at radius 2 is 2.17 bits per heavy atom. The molecule has 2 saturated heterocycles. The van der Waals surface area contributed by atoms with Crippen molar-refractivity contribution in [1.29, 1.82) is 0 Å². The van der Waals surface area contributed by atoms with E-state index in [9.17, 15) is 18.0 Å². The topological polar surface area (TPSA) is 50.8 Å². The number of rotatable bonds is 6. The summed E-state index contributed by atoms with van der Waals surface area (Å²) in [5, 5.41) is 2.67. The van der Waals surface area contributed by atoms with Gasteiger partial charge >= 0.3 is 12.2 Å². The number of amides is 2. The van der Waals surface area contributed by atoms with Gasteiger partial charge in [-0.1, -0.05) is 0 Å². The summed E-state index contributed by atoms with van der Waals surface area (Å²) < 4.78 is 48.9. The molecule has 134 valence electrons. The number of carbonyl (C=O) groups is 1. The fourth-order valence-electron chi connectivity index (χ4n) is 2.87. The maximum atomic E-state index is 12.7. The Kier molecular flexibility index (Phi) is 6.95. The molecule has 8 heteroatoms. The van der Waals surface area contributed by atoms with E-state index >= 15 is 0 Å². The van der Waals surface area contributed by atoms with E-state index in [1.807, 2.05) is 0 Å². The van der Waals surface area contributed by atoms with Crippen molar-refractivity contribution in [1.82, 2.24) is 10.2 Å². The highest BCUT2D eigenvalue weighted by atomic mass is 19.4. The average molecular weight is 338 g/mol. The normalized spacial score (nSPS) is 25.6. The third-order valence-corrected chi connectivity index (χ3v) is 4.29. The molecular formula is C15H25F3N2O3. The van der Waals surface area contributed by atoms with Gasteiger partial charge in [-0.3, -0.25) is 0 Å². The number of alkyl halides is 3. The van der Waals surface area contributed by atoms with E-state index < -0.39 is 18.1 Å². The molecule has 0 bridgehead atoms. The second-order valence-corrected chi connectivity index (χ2v) is 6.22. The molecule has 0 radical (unpaired) electrons. The monoisotopic (exact) mass is 338 g/mol. The van der Waals surface area contributed by atoms with Gasteiger partial charge in [0.2, 0.25) is 0 Å². The Balaban J connectivity index is 1.55. The van der Waals surface area contributed by atoms with Crippen molar-refractivity contribution in [3.05, 3.63) is 0 Å². The van der Waals surface area contributed by atoms with Crippen molar-refractivity contribution in [2.45, 2.75) is 31.9 Å². The standard InChI is InChI=1S/C15H25F3N2O3/c16-15(17,18)13-3-1-6-20(9-13)14(21)19-5-2-7-22-10-12-4-8-23-11-12/h12-13H,1-11H2,(H,19,21)/t12-,13+/m1/s1. The van der Waals surface area contributed by atoms with Gasteiger partial charge in [-0.2, -0.15) is 13.2 Å². The fraction of sp³-hybridized carbons (Fsp3) is 0.933. The lowest BCUT2D eigenvalue weighted by molar-refractivity contribution is -0.183. The quantitative estimate of drug-likeness (QED) is 0.757. The molecule has 0 saturated carbocycles. The molecule has 0 aromatic rings. The lowest BCUT2D eigenvalue weighted by Crippen LogP contribution is -2.48. The number of halogens is 3. The molecule has 0 unspecified atom stereocenters. The van der Waals surface area contributed by atoms with Crippen molar-refractivity contribution in [3.8, 4) is 0 Å². The number of nitrogens with one attached hydrogen (secondary N) is 1. The van der Waals surface area contributed by atoms with Gasteiger partial charge in [-0.05, 0) is 25.7 Å². The summed E-state index contributed by atoms with van der Waals surface area (Å²) in [5.41, 5.74) is 0.